The van der Waals surface area contributed by atoms with Crippen molar-refractivity contribution in [3.05, 3.63) is 53.9 Å². The summed E-state index contributed by atoms with van der Waals surface area (Å²) in [5.41, 5.74) is 1.35. The number of carbonyl (C=O) groups excluding carboxylic acids is 1. The van der Waals surface area contributed by atoms with Gasteiger partial charge < -0.3 is 10.1 Å². The van der Waals surface area contributed by atoms with Gasteiger partial charge in [0.2, 0.25) is 0 Å². The van der Waals surface area contributed by atoms with Crippen molar-refractivity contribution in [3.63, 3.8) is 0 Å². The van der Waals surface area contributed by atoms with E-state index in [1.165, 1.54) is 0 Å². The van der Waals surface area contributed by atoms with Crippen LogP contribution in [0.4, 0.5) is 0 Å². The topological polar surface area (TPSA) is 51.2 Å². The fraction of sp³-hybridized carbons (Fsp3) is 0.200. The lowest BCUT2D eigenvalue weighted by atomic mass is 10.2. The van der Waals surface area contributed by atoms with E-state index in [-0.39, 0.29) is 5.91 Å². The molecule has 0 saturated carbocycles. The summed E-state index contributed by atoms with van der Waals surface area (Å²) in [7, 11) is 1.56. The quantitative estimate of drug-likeness (QED) is 0.860. The highest BCUT2D eigenvalue weighted by molar-refractivity contribution is 7.98. The maximum absolute atomic E-state index is 12.2. The Bertz CT molecular complexity index is 588. The molecule has 4 nitrogen and oxygen atoms in total. The van der Waals surface area contributed by atoms with Crippen molar-refractivity contribution in [2.45, 2.75) is 11.4 Å². The van der Waals surface area contributed by atoms with Crippen molar-refractivity contribution in [2.75, 3.05) is 13.4 Å². The molecule has 0 spiro atoms. The molecule has 0 aliphatic rings. The fourth-order valence-electron chi connectivity index (χ4n) is 1.75. The van der Waals surface area contributed by atoms with Gasteiger partial charge in [0.05, 0.1) is 24.9 Å². The van der Waals surface area contributed by atoms with Crippen molar-refractivity contribution in [3.8, 4) is 5.75 Å². The number of methoxy groups -OCH3 is 1. The second kappa shape index (κ2) is 6.96. The molecular formula is C15H16N2O2S. The zero-order valence-corrected chi connectivity index (χ0v) is 12.2. The molecule has 0 fully saturated rings. The molecule has 2 rings (SSSR count). The van der Waals surface area contributed by atoms with Gasteiger partial charge in [0.1, 0.15) is 5.75 Å². The molecule has 20 heavy (non-hydrogen) atoms. The van der Waals surface area contributed by atoms with Crippen molar-refractivity contribution < 1.29 is 9.53 Å². The zero-order valence-electron chi connectivity index (χ0n) is 11.4. The Balaban J connectivity index is 2.09. The van der Waals surface area contributed by atoms with Crippen molar-refractivity contribution in [1.29, 1.82) is 0 Å². The van der Waals surface area contributed by atoms with E-state index in [2.05, 4.69) is 10.3 Å². The fourth-order valence-corrected chi connectivity index (χ4v) is 2.18. The first-order chi connectivity index (χ1) is 9.74. The smallest absolute Gasteiger partial charge is 0.255 e. The lowest BCUT2D eigenvalue weighted by Gasteiger charge is -2.10. The molecule has 104 valence electrons. The molecule has 0 aliphatic heterocycles. The minimum Gasteiger partial charge on any atom is -0.496 e. The second-order valence-corrected chi connectivity index (χ2v) is 4.95. The van der Waals surface area contributed by atoms with E-state index in [0.29, 0.717) is 17.9 Å². The summed E-state index contributed by atoms with van der Waals surface area (Å²) in [5, 5.41) is 2.84. The van der Waals surface area contributed by atoms with E-state index >= 15 is 0 Å². The van der Waals surface area contributed by atoms with E-state index in [1.54, 1.807) is 31.1 Å². The predicted molar refractivity (Wildman–Crippen MR) is 80.2 cm³/mol. The lowest BCUT2D eigenvalue weighted by Crippen LogP contribution is -2.23. The summed E-state index contributed by atoms with van der Waals surface area (Å²) in [6.45, 7) is 0.396. The van der Waals surface area contributed by atoms with Crippen LogP contribution in [0.25, 0.3) is 0 Å². The standard InChI is InChI=1S/C15H16N2O2S/c1-19-14-9-12(20-2)6-7-13(14)15(18)17-10-11-5-3-4-8-16-11/h3-9H,10H2,1-2H3,(H,17,18). The first-order valence-electron chi connectivity index (χ1n) is 6.14. The summed E-state index contributed by atoms with van der Waals surface area (Å²) >= 11 is 1.61. The minimum absolute atomic E-state index is 0.167. The van der Waals surface area contributed by atoms with Crippen LogP contribution in [0.5, 0.6) is 5.75 Å². The number of nitrogens with one attached hydrogen (secondary N) is 1. The Morgan fingerprint density at radius 1 is 1.35 bits per heavy atom. The third-order valence-electron chi connectivity index (χ3n) is 2.81. The van der Waals surface area contributed by atoms with E-state index in [9.17, 15) is 4.79 Å². The average molecular weight is 288 g/mol. The third kappa shape index (κ3) is 3.51. The lowest BCUT2D eigenvalue weighted by molar-refractivity contribution is 0.0947. The van der Waals surface area contributed by atoms with E-state index in [1.807, 2.05) is 36.6 Å². The number of ether oxygens (including phenoxy) is 1. The van der Waals surface area contributed by atoms with E-state index in [0.717, 1.165) is 10.6 Å². The van der Waals surface area contributed by atoms with Crippen molar-refractivity contribution in [1.82, 2.24) is 10.3 Å². The van der Waals surface area contributed by atoms with Crippen LogP contribution in [0.3, 0.4) is 0 Å². The number of carbonyl (C=O) groups is 1. The Morgan fingerprint density at radius 3 is 2.85 bits per heavy atom. The molecule has 2 aromatic rings. The van der Waals surface area contributed by atoms with Gasteiger partial charge in [0, 0.05) is 11.1 Å². The number of nitrogens with zero attached hydrogens (tertiary/aromatic N) is 1. The van der Waals surface area contributed by atoms with E-state index in [4.69, 9.17) is 4.74 Å². The molecule has 0 bridgehead atoms. The highest BCUT2D eigenvalue weighted by Gasteiger charge is 2.12. The summed E-state index contributed by atoms with van der Waals surface area (Å²) in [5.74, 6) is 0.413. The van der Waals surface area contributed by atoms with Gasteiger partial charge in [-0.15, -0.1) is 11.8 Å². The number of pyridine rings is 1. The summed E-state index contributed by atoms with van der Waals surface area (Å²) in [6.07, 6.45) is 3.69. The van der Waals surface area contributed by atoms with Crippen LogP contribution in [0.1, 0.15) is 16.1 Å². The molecule has 0 radical (unpaired) electrons. The van der Waals surface area contributed by atoms with Gasteiger partial charge in [-0.25, -0.2) is 0 Å². The van der Waals surface area contributed by atoms with Gasteiger partial charge in [-0.2, -0.15) is 0 Å². The molecule has 1 heterocycles. The van der Waals surface area contributed by atoms with Gasteiger partial charge in [-0.1, -0.05) is 6.07 Å². The van der Waals surface area contributed by atoms with Gasteiger partial charge >= 0.3 is 0 Å². The average Bonchev–Trinajstić information content (AvgIpc) is 2.52. The molecule has 1 amide bonds. The monoisotopic (exact) mass is 288 g/mol. The van der Waals surface area contributed by atoms with Crippen LogP contribution < -0.4 is 10.1 Å². The van der Waals surface area contributed by atoms with Gasteiger partial charge in [0.15, 0.2) is 0 Å². The van der Waals surface area contributed by atoms with Crippen LogP contribution in [0, 0.1) is 0 Å². The van der Waals surface area contributed by atoms with Gasteiger partial charge in [-0.3, -0.25) is 9.78 Å². The summed E-state index contributed by atoms with van der Waals surface area (Å²) in [4.78, 5) is 17.4. The largest absolute Gasteiger partial charge is 0.496 e. The Hall–Kier alpha value is -2.01. The Kier molecular flexibility index (Phi) is 5.01. The Labute approximate surface area is 122 Å². The van der Waals surface area contributed by atoms with E-state index < -0.39 is 0 Å². The minimum atomic E-state index is -0.167. The third-order valence-corrected chi connectivity index (χ3v) is 3.53. The van der Waals surface area contributed by atoms with Gasteiger partial charge in [-0.05, 0) is 36.6 Å². The number of thioether (sulfide) groups is 1. The number of hydrogen-bond donors (Lipinski definition) is 1. The number of aromatic nitrogens is 1. The molecule has 1 aromatic heterocycles. The van der Waals surface area contributed by atoms with Crippen LogP contribution in [0.15, 0.2) is 47.5 Å². The summed E-state index contributed by atoms with van der Waals surface area (Å²) < 4.78 is 5.27. The second-order valence-electron chi connectivity index (χ2n) is 4.07. The van der Waals surface area contributed by atoms with Crippen LogP contribution >= 0.6 is 11.8 Å². The van der Waals surface area contributed by atoms with Crippen molar-refractivity contribution >= 4 is 17.7 Å². The molecule has 0 unspecified atom stereocenters. The predicted octanol–water partition coefficient (Wildman–Crippen LogP) is 2.74. The number of hydrogen-bond acceptors (Lipinski definition) is 4. The molecule has 0 aliphatic carbocycles. The normalized spacial score (nSPS) is 10.1. The molecule has 1 aromatic carbocycles. The Morgan fingerprint density at radius 2 is 2.20 bits per heavy atom. The highest BCUT2D eigenvalue weighted by Crippen LogP contribution is 2.25. The first-order valence-corrected chi connectivity index (χ1v) is 7.37. The maximum atomic E-state index is 12.2. The molecule has 0 saturated heterocycles. The molecule has 1 N–H and O–H groups in total. The number of amides is 1. The first kappa shape index (κ1) is 14.4. The van der Waals surface area contributed by atoms with Crippen molar-refractivity contribution in [2.24, 2.45) is 0 Å². The number of rotatable bonds is 5. The van der Waals surface area contributed by atoms with Crippen LogP contribution in [-0.2, 0) is 6.54 Å². The zero-order chi connectivity index (χ0) is 14.4. The van der Waals surface area contributed by atoms with Crippen LogP contribution in [-0.4, -0.2) is 24.3 Å². The SMILES string of the molecule is COc1cc(SC)ccc1C(=O)NCc1ccccn1. The molecule has 5 heteroatoms. The number of benzene rings is 1. The maximum Gasteiger partial charge on any atom is 0.255 e. The van der Waals surface area contributed by atoms with Gasteiger partial charge in [0.25, 0.3) is 5.91 Å². The highest BCUT2D eigenvalue weighted by atomic mass is 32.2. The van der Waals surface area contributed by atoms with Crippen LogP contribution in [0.2, 0.25) is 0 Å². The summed E-state index contributed by atoms with van der Waals surface area (Å²) in [6, 6.07) is 11.1. The molecule has 0 atom stereocenters. The molecular weight excluding hydrogens is 272 g/mol.